The van der Waals surface area contributed by atoms with Crippen LogP contribution in [0, 0.1) is 13.8 Å². The van der Waals surface area contributed by atoms with Crippen molar-refractivity contribution in [2.45, 2.75) is 13.8 Å². The number of nitrogens with zero attached hydrogens (tertiary/aromatic N) is 1. The summed E-state index contributed by atoms with van der Waals surface area (Å²) in [7, 11) is 0. The Balaban J connectivity index is 1.87. The number of hydrogen-bond acceptors (Lipinski definition) is 5. The van der Waals surface area contributed by atoms with Crippen molar-refractivity contribution in [3.63, 3.8) is 0 Å². The molecule has 94 valence electrons. The molecule has 1 heterocycles. The first-order chi connectivity index (χ1) is 8.66. The molecule has 0 bridgehead atoms. The highest BCUT2D eigenvalue weighted by molar-refractivity contribution is 5.71. The summed E-state index contributed by atoms with van der Waals surface area (Å²) < 4.78 is 9.97. The normalized spacial score (nSPS) is 9.89. The van der Waals surface area contributed by atoms with Crippen LogP contribution < -0.4 is 15.6 Å². The molecule has 0 aliphatic carbocycles. The van der Waals surface area contributed by atoms with Gasteiger partial charge in [0.25, 0.3) is 0 Å². The summed E-state index contributed by atoms with van der Waals surface area (Å²) in [6, 6.07) is 8.76. The molecule has 2 rings (SSSR count). The van der Waals surface area contributed by atoms with Crippen LogP contribution in [0.5, 0.6) is 5.75 Å². The fourth-order valence-corrected chi connectivity index (χ4v) is 1.26. The zero-order chi connectivity index (χ0) is 13.0. The summed E-state index contributed by atoms with van der Waals surface area (Å²) in [6.45, 7) is 3.64. The average Bonchev–Trinajstić information content (AvgIpc) is 2.69. The van der Waals surface area contributed by atoms with E-state index >= 15 is 0 Å². The molecule has 0 saturated heterocycles. The molecule has 6 heteroatoms. The highest BCUT2D eigenvalue weighted by Gasteiger charge is 2.09. The lowest BCUT2D eigenvalue weighted by molar-refractivity contribution is 0.202. The number of hydrazine groups is 1. The lowest BCUT2D eigenvalue weighted by atomic mass is 10.3. The number of nitrogens with one attached hydrogen (secondary N) is 2. The Hall–Kier alpha value is -2.50. The highest BCUT2D eigenvalue weighted by Crippen LogP contribution is 2.16. The number of carbonyl (C=O) groups excluding carboxylic acids is 1. The Kier molecular flexibility index (Phi) is 3.47. The third kappa shape index (κ3) is 2.79. The maximum atomic E-state index is 11.4. The van der Waals surface area contributed by atoms with Crippen LogP contribution in [-0.4, -0.2) is 11.2 Å². The number of benzene rings is 1. The fraction of sp³-hybridized carbons (Fsp3) is 0.167. The van der Waals surface area contributed by atoms with Crippen LogP contribution in [0.3, 0.4) is 0 Å². The summed E-state index contributed by atoms with van der Waals surface area (Å²) in [5.74, 6) is 0.847. The van der Waals surface area contributed by atoms with Gasteiger partial charge in [-0.3, -0.25) is 5.43 Å². The Labute approximate surface area is 104 Å². The van der Waals surface area contributed by atoms with E-state index in [1.165, 1.54) is 0 Å². The molecule has 0 spiro atoms. The standard InChI is InChI=1S/C12H13N3O3/c1-8-9(2)15-18-11(8)13-14-12(16)17-10-6-4-3-5-7-10/h3-7,13H,1-2H3,(H,14,16). The van der Waals surface area contributed by atoms with Gasteiger partial charge in [0.15, 0.2) is 0 Å². The molecule has 0 unspecified atom stereocenters. The number of ether oxygens (including phenoxy) is 1. The van der Waals surface area contributed by atoms with Gasteiger partial charge in [-0.2, -0.15) is 0 Å². The fourth-order valence-electron chi connectivity index (χ4n) is 1.26. The Bertz CT molecular complexity index is 537. The predicted octanol–water partition coefficient (Wildman–Crippen LogP) is 2.41. The van der Waals surface area contributed by atoms with Gasteiger partial charge in [0.05, 0.1) is 5.69 Å². The number of hydrogen-bond donors (Lipinski definition) is 2. The summed E-state index contributed by atoms with van der Waals surface area (Å²) in [5, 5.41) is 3.75. The number of amides is 1. The summed E-state index contributed by atoms with van der Waals surface area (Å²) in [6.07, 6.45) is -0.630. The molecule has 2 aromatic rings. The molecule has 6 nitrogen and oxygen atoms in total. The van der Waals surface area contributed by atoms with Gasteiger partial charge in [0, 0.05) is 5.56 Å². The second kappa shape index (κ2) is 5.22. The summed E-state index contributed by atoms with van der Waals surface area (Å²) >= 11 is 0. The van der Waals surface area contributed by atoms with Crippen molar-refractivity contribution in [2.24, 2.45) is 0 Å². The highest BCUT2D eigenvalue weighted by atomic mass is 16.6. The molecule has 1 aromatic carbocycles. The first-order valence-corrected chi connectivity index (χ1v) is 5.38. The minimum Gasteiger partial charge on any atom is -0.409 e. The first-order valence-electron chi connectivity index (χ1n) is 5.38. The Morgan fingerprint density at radius 1 is 1.28 bits per heavy atom. The molecular formula is C12H13N3O3. The van der Waals surface area contributed by atoms with E-state index in [-0.39, 0.29) is 0 Å². The molecule has 1 amide bonds. The van der Waals surface area contributed by atoms with Crippen LogP contribution >= 0.6 is 0 Å². The lowest BCUT2D eigenvalue weighted by Gasteiger charge is -2.06. The third-order valence-electron chi connectivity index (χ3n) is 2.39. The maximum Gasteiger partial charge on any atom is 0.431 e. The molecule has 1 aromatic heterocycles. The van der Waals surface area contributed by atoms with E-state index in [0.29, 0.717) is 11.6 Å². The summed E-state index contributed by atoms with van der Waals surface area (Å²) in [4.78, 5) is 11.4. The van der Waals surface area contributed by atoms with E-state index in [1.807, 2.05) is 19.9 Å². The van der Waals surface area contributed by atoms with Crippen molar-refractivity contribution >= 4 is 12.0 Å². The van der Waals surface area contributed by atoms with E-state index < -0.39 is 6.09 Å². The maximum absolute atomic E-state index is 11.4. The van der Waals surface area contributed by atoms with E-state index in [1.54, 1.807) is 24.3 Å². The quantitative estimate of drug-likeness (QED) is 0.814. The van der Waals surface area contributed by atoms with Crippen LogP contribution in [0.1, 0.15) is 11.3 Å². The minimum atomic E-state index is -0.630. The molecule has 0 saturated carbocycles. The van der Waals surface area contributed by atoms with Crippen molar-refractivity contribution in [3.8, 4) is 5.75 Å². The van der Waals surface area contributed by atoms with Crippen molar-refractivity contribution in [2.75, 3.05) is 5.43 Å². The summed E-state index contributed by atoms with van der Waals surface area (Å²) in [5.41, 5.74) is 6.55. The van der Waals surface area contributed by atoms with Gasteiger partial charge in [-0.1, -0.05) is 23.4 Å². The van der Waals surface area contributed by atoms with Gasteiger partial charge in [0.2, 0.25) is 5.88 Å². The molecule has 0 aliphatic rings. The number of anilines is 1. The number of rotatable bonds is 3. The topological polar surface area (TPSA) is 76.4 Å². The van der Waals surface area contributed by atoms with Gasteiger partial charge >= 0.3 is 6.09 Å². The monoisotopic (exact) mass is 247 g/mol. The zero-order valence-corrected chi connectivity index (χ0v) is 10.1. The van der Waals surface area contributed by atoms with E-state index in [9.17, 15) is 4.79 Å². The van der Waals surface area contributed by atoms with Crippen molar-refractivity contribution in [1.29, 1.82) is 0 Å². The predicted molar refractivity (Wildman–Crippen MR) is 65.2 cm³/mol. The van der Waals surface area contributed by atoms with Gasteiger partial charge in [-0.15, -0.1) is 0 Å². The van der Waals surface area contributed by atoms with Gasteiger partial charge in [-0.25, -0.2) is 10.2 Å². The van der Waals surface area contributed by atoms with Crippen molar-refractivity contribution in [1.82, 2.24) is 10.6 Å². The van der Waals surface area contributed by atoms with Crippen LogP contribution in [0.15, 0.2) is 34.9 Å². The second-order valence-electron chi connectivity index (χ2n) is 3.67. The average molecular weight is 247 g/mol. The van der Waals surface area contributed by atoms with E-state index in [0.717, 1.165) is 11.3 Å². The molecular weight excluding hydrogens is 234 g/mol. The van der Waals surface area contributed by atoms with E-state index in [4.69, 9.17) is 9.26 Å². The van der Waals surface area contributed by atoms with Crippen molar-refractivity contribution < 1.29 is 14.1 Å². The number of para-hydroxylation sites is 1. The molecule has 2 N–H and O–H groups in total. The Morgan fingerprint density at radius 2 is 2.00 bits per heavy atom. The molecule has 0 aliphatic heterocycles. The van der Waals surface area contributed by atoms with Gasteiger partial charge < -0.3 is 9.26 Å². The number of aryl methyl sites for hydroxylation is 1. The van der Waals surface area contributed by atoms with Crippen molar-refractivity contribution in [3.05, 3.63) is 41.6 Å². The number of aromatic nitrogens is 1. The molecule has 18 heavy (non-hydrogen) atoms. The van der Waals surface area contributed by atoms with Crippen LogP contribution in [0.25, 0.3) is 0 Å². The Morgan fingerprint density at radius 3 is 2.61 bits per heavy atom. The van der Waals surface area contributed by atoms with E-state index in [2.05, 4.69) is 16.0 Å². The molecule has 0 fully saturated rings. The molecule has 0 atom stereocenters. The van der Waals surface area contributed by atoms with Gasteiger partial charge in [-0.05, 0) is 26.0 Å². The minimum absolute atomic E-state index is 0.387. The second-order valence-corrected chi connectivity index (χ2v) is 3.67. The zero-order valence-electron chi connectivity index (χ0n) is 10.1. The number of carbonyl (C=O) groups is 1. The van der Waals surface area contributed by atoms with Crippen LogP contribution in [-0.2, 0) is 0 Å². The SMILES string of the molecule is Cc1noc(NNC(=O)Oc2ccccc2)c1C. The lowest BCUT2D eigenvalue weighted by Crippen LogP contribution is -2.32. The smallest absolute Gasteiger partial charge is 0.409 e. The molecule has 0 radical (unpaired) electrons. The largest absolute Gasteiger partial charge is 0.431 e. The van der Waals surface area contributed by atoms with Crippen LogP contribution in [0.2, 0.25) is 0 Å². The first kappa shape index (κ1) is 12.0. The van der Waals surface area contributed by atoms with Gasteiger partial charge in [0.1, 0.15) is 5.75 Å². The van der Waals surface area contributed by atoms with Crippen LogP contribution in [0.4, 0.5) is 10.7 Å². The third-order valence-corrected chi connectivity index (χ3v) is 2.39.